The maximum Gasteiger partial charge on any atom is 0.228 e. The lowest BCUT2D eigenvalue weighted by Crippen LogP contribution is -2.37. The average Bonchev–Trinajstić information content (AvgIpc) is 2.40. The zero-order valence-electron chi connectivity index (χ0n) is 11.6. The molecular formula is C15H23ClN2O. The summed E-state index contributed by atoms with van der Waals surface area (Å²) >= 11 is 0. The van der Waals surface area contributed by atoms with Crippen molar-refractivity contribution in [2.45, 2.75) is 32.6 Å². The number of rotatable bonds is 3. The molecule has 0 spiro atoms. The zero-order valence-corrected chi connectivity index (χ0v) is 12.4. The van der Waals surface area contributed by atoms with E-state index in [1.165, 1.54) is 5.56 Å². The summed E-state index contributed by atoms with van der Waals surface area (Å²) < 4.78 is 0. The van der Waals surface area contributed by atoms with Crippen LogP contribution in [0.1, 0.15) is 38.2 Å². The molecule has 1 aromatic carbocycles. The molecule has 3 nitrogen and oxygen atoms in total. The number of benzene rings is 1. The SMILES string of the molecule is CC(C)c1ccccc1NC(=O)[C@@H]1CCCNC1.Cl. The molecule has 1 saturated heterocycles. The van der Waals surface area contributed by atoms with Crippen molar-refractivity contribution in [1.82, 2.24) is 5.32 Å². The van der Waals surface area contributed by atoms with Gasteiger partial charge in [-0.2, -0.15) is 0 Å². The largest absolute Gasteiger partial charge is 0.326 e. The van der Waals surface area contributed by atoms with Gasteiger partial charge in [-0.1, -0.05) is 32.0 Å². The zero-order chi connectivity index (χ0) is 13.0. The van der Waals surface area contributed by atoms with Crippen molar-refractivity contribution in [3.05, 3.63) is 29.8 Å². The summed E-state index contributed by atoms with van der Waals surface area (Å²) in [6.07, 6.45) is 2.08. The first-order chi connectivity index (χ1) is 8.68. The number of carbonyl (C=O) groups excluding carboxylic acids is 1. The van der Waals surface area contributed by atoms with Gasteiger partial charge >= 0.3 is 0 Å². The number of hydrogen-bond donors (Lipinski definition) is 2. The van der Waals surface area contributed by atoms with Gasteiger partial charge in [-0.05, 0) is 36.9 Å². The van der Waals surface area contributed by atoms with E-state index >= 15 is 0 Å². The molecule has 4 heteroatoms. The Hall–Kier alpha value is -1.06. The summed E-state index contributed by atoms with van der Waals surface area (Å²) in [5.74, 6) is 0.681. The van der Waals surface area contributed by atoms with E-state index in [2.05, 4.69) is 30.5 Å². The number of nitrogens with one attached hydrogen (secondary N) is 2. The summed E-state index contributed by atoms with van der Waals surface area (Å²) in [6, 6.07) is 8.07. The van der Waals surface area contributed by atoms with Crippen LogP contribution in [-0.4, -0.2) is 19.0 Å². The molecule has 0 aromatic heterocycles. The minimum atomic E-state index is 0. The summed E-state index contributed by atoms with van der Waals surface area (Å²) in [5.41, 5.74) is 2.16. The van der Waals surface area contributed by atoms with Gasteiger partial charge in [0, 0.05) is 12.2 Å². The molecule has 0 aliphatic carbocycles. The lowest BCUT2D eigenvalue weighted by Gasteiger charge is -2.23. The van der Waals surface area contributed by atoms with Crippen molar-refractivity contribution < 1.29 is 4.79 Å². The standard InChI is InChI=1S/C15H22N2O.ClH/c1-11(2)13-7-3-4-8-14(13)17-15(18)12-6-5-9-16-10-12;/h3-4,7-8,11-12,16H,5-6,9-10H2,1-2H3,(H,17,18);1H/t12-;/m1./s1. The minimum absolute atomic E-state index is 0. The number of hydrogen-bond acceptors (Lipinski definition) is 2. The highest BCUT2D eigenvalue weighted by Crippen LogP contribution is 2.24. The van der Waals surface area contributed by atoms with Crippen LogP contribution in [-0.2, 0) is 4.79 Å². The summed E-state index contributed by atoms with van der Waals surface area (Å²) in [7, 11) is 0. The van der Waals surface area contributed by atoms with Gasteiger partial charge in [-0.15, -0.1) is 12.4 Å². The highest BCUT2D eigenvalue weighted by atomic mass is 35.5. The van der Waals surface area contributed by atoms with Crippen LogP contribution in [0, 0.1) is 5.92 Å². The number of piperidine rings is 1. The van der Waals surface area contributed by atoms with Crippen LogP contribution in [0.25, 0.3) is 0 Å². The van der Waals surface area contributed by atoms with Crippen molar-refractivity contribution in [2.24, 2.45) is 5.92 Å². The van der Waals surface area contributed by atoms with Gasteiger partial charge in [0.05, 0.1) is 5.92 Å². The van der Waals surface area contributed by atoms with Gasteiger partial charge in [-0.25, -0.2) is 0 Å². The van der Waals surface area contributed by atoms with Crippen LogP contribution in [0.5, 0.6) is 0 Å². The lowest BCUT2D eigenvalue weighted by molar-refractivity contribution is -0.120. The second kappa shape index (κ2) is 7.51. The van der Waals surface area contributed by atoms with Crippen LogP contribution < -0.4 is 10.6 Å². The van der Waals surface area contributed by atoms with Crippen LogP contribution in [0.2, 0.25) is 0 Å². The topological polar surface area (TPSA) is 41.1 Å². The molecule has 2 rings (SSSR count). The third kappa shape index (κ3) is 4.22. The van der Waals surface area contributed by atoms with Crippen LogP contribution in [0.3, 0.4) is 0 Å². The number of anilines is 1. The number of halogens is 1. The second-order valence-corrected chi connectivity index (χ2v) is 5.27. The fraction of sp³-hybridized carbons (Fsp3) is 0.533. The van der Waals surface area contributed by atoms with Gasteiger partial charge < -0.3 is 10.6 Å². The molecule has 1 fully saturated rings. The Kier molecular flexibility index (Phi) is 6.32. The minimum Gasteiger partial charge on any atom is -0.326 e. The Morgan fingerprint density at radius 2 is 2.11 bits per heavy atom. The Labute approximate surface area is 121 Å². The second-order valence-electron chi connectivity index (χ2n) is 5.27. The molecule has 2 N–H and O–H groups in total. The highest BCUT2D eigenvalue weighted by molar-refractivity contribution is 5.93. The fourth-order valence-corrected chi connectivity index (χ4v) is 2.42. The van der Waals surface area contributed by atoms with E-state index in [0.717, 1.165) is 31.6 Å². The maximum atomic E-state index is 12.2. The van der Waals surface area contributed by atoms with E-state index < -0.39 is 0 Å². The Morgan fingerprint density at radius 1 is 1.37 bits per heavy atom. The van der Waals surface area contributed by atoms with Crippen molar-refractivity contribution in [2.75, 3.05) is 18.4 Å². The molecule has 106 valence electrons. The maximum absolute atomic E-state index is 12.2. The molecule has 0 bridgehead atoms. The van der Waals surface area contributed by atoms with Crippen molar-refractivity contribution in [3.8, 4) is 0 Å². The molecule has 1 atom stereocenters. The molecule has 1 heterocycles. The summed E-state index contributed by atoms with van der Waals surface area (Å²) in [6.45, 7) is 6.13. The van der Waals surface area contributed by atoms with Crippen LogP contribution in [0.15, 0.2) is 24.3 Å². The average molecular weight is 283 g/mol. The quantitative estimate of drug-likeness (QED) is 0.894. The monoisotopic (exact) mass is 282 g/mol. The molecule has 1 aliphatic rings. The van der Waals surface area contributed by atoms with Crippen molar-refractivity contribution in [3.63, 3.8) is 0 Å². The lowest BCUT2D eigenvalue weighted by atomic mass is 9.97. The van der Waals surface area contributed by atoms with E-state index in [1.54, 1.807) is 0 Å². The van der Waals surface area contributed by atoms with Crippen molar-refractivity contribution in [1.29, 1.82) is 0 Å². The number of para-hydroxylation sites is 1. The number of carbonyl (C=O) groups is 1. The third-order valence-corrected chi connectivity index (χ3v) is 3.51. The normalized spacial score (nSPS) is 18.8. The molecule has 1 amide bonds. The van der Waals surface area contributed by atoms with E-state index in [-0.39, 0.29) is 24.2 Å². The highest BCUT2D eigenvalue weighted by Gasteiger charge is 2.21. The third-order valence-electron chi connectivity index (χ3n) is 3.51. The summed E-state index contributed by atoms with van der Waals surface area (Å²) in [5, 5.41) is 6.36. The first-order valence-electron chi connectivity index (χ1n) is 6.79. The predicted octanol–water partition coefficient (Wildman–Crippen LogP) is 3.17. The van der Waals surface area contributed by atoms with Gasteiger partial charge in [-0.3, -0.25) is 4.79 Å². The Balaban J connectivity index is 0.00000180. The first kappa shape index (κ1) is 16.0. The van der Waals surface area contributed by atoms with Gasteiger partial charge in [0.15, 0.2) is 0 Å². The smallest absolute Gasteiger partial charge is 0.228 e. The molecular weight excluding hydrogens is 260 g/mol. The van der Waals surface area contributed by atoms with Crippen molar-refractivity contribution >= 4 is 24.0 Å². The molecule has 0 unspecified atom stereocenters. The van der Waals surface area contributed by atoms with E-state index in [9.17, 15) is 4.79 Å². The van der Waals surface area contributed by atoms with E-state index in [0.29, 0.717) is 5.92 Å². The van der Waals surface area contributed by atoms with Gasteiger partial charge in [0.2, 0.25) is 5.91 Å². The molecule has 0 radical (unpaired) electrons. The van der Waals surface area contributed by atoms with E-state index in [1.807, 2.05) is 18.2 Å². The van der Waals surface area contributed by atoms with Crippen LogP contribution in [0.4, 0.5) is 5.69 Å². The first-order valence-corrected chi connectivity index (χ1v) is 6.79. The van der Waals surface area contributed by atoms with E-state index in [4.69, 9.17) is 0 Å². The Morgan fingerprint density at radius 3 is 2.74 bits per heavy atom. The predicted molar refractivity (Wildman–Crippen MR) is 82.0 cm³/mol. The Bertz CT molecular complexity index is 414. The molecule has 0 saturated carbocycles. The van der Waals surface area contributed by atoms with Crippen LogP contribution >= 0.6 is 12.4 Å². The summed E-state index contributed by atoms with van der Waals surface area (Å²) in [4.78, 5) is 12.2. The number of amides is 1. The molecule has 1 aromatic rings. The fourth-order valence-electron chi connectivity index (χ4n) is 2.42. The van der Waals surface area contributed by atoms with Gasteiger partial charge in [0.1, 0.15) is 0 Å². The molecule has 19 heavy (non-hydrogen) atoms. The van der Waals surface area contributed by atoms with Gasteiger partial charge in [0.25, 0.3) is 0 Å². The molecule has 1 aliphatic heterocycles.